The molecular formula is C13H20IN3O. The fourth-order valence-electron chi connectivity index (χ4n) is 2.06. The molecule has 2 rings (SSSR count). The van der Waals surface area contributed by atoms with Crippen molar-refractivity contribution in [1.29, 1.82) is 0 Å². The quantitative estimate of drug-likeness (QED) is 0.662. The van der Waals surface area contributed by atoms with Crippen molar-refractivity contribution in [3.05, 3.63) is 23.9 Å². The van der Waals surface area contributed by atoms with E-state index in [1.807, 2.05) is 26.0 Å². The highest BCUT2D eigenvalue weighted by Crippen LogP contribution is 2.22. The first-order valence-corrected chi connectivity index (χ1v) is 7.34. The second kappa shape index (κ2) is 6.16. The Balaban J connectivity index is 2.03. The predicted molar refractivity (Wildman–Crippen MR) is 81.8 cm³/mol. The average Bonchev–Trinajstić information content (AvgIpc) is 2.39. The number of aliphatic hydroxyl groups excluding tert-OH is 1. The lowest BCUT2D eigenvalue weighted by Gasteiger charge is -2.32. The Kier molecular flexibility index (Phi) is 4.80. The van der Waals surface area contributed by atoms with Crippen molar-refractivity contribution >= 4 is 28.7 Å². The van der Waals surface area contributed by atoms with Crippen LogP contribution in [0.4, 0.5) is 5.82 Å². The highest BCUT2D eigenvalue weighted by Gasteiger charge is 2.17. The lowest BCUT2D eigenvalue weighted by atomic mass is 10.0. The van der Waals surface area contributed by atoms with Gasteiger partial charge in [0.05, 0.1) is 6.10 Å². The molecule has 2 heterocycles. The van der Waals surface area contributed by atoms with Gasteiger partial charge in [-0.15, -0.1) is 0 Å². The molecule has 0 bridgehead atoms. The smallest absolute Gasteiger partial charge is 0.128 e. The van der Waals surface area contributed by atoms with E-state index in [-0.39, 0.29) is 5.92 Å². The molecule has 18 heavy (non-hydrogen) atoms. The van der Waals surface area contributed by atoms with Gasteiger partial charge in [0.2, 0.25) is 0 Å². The average molecular weight is 361 g/mol. The Labute approximate surface area is 122 Å². The number of halogens is 1. The Morgan fingerprint density at radius 2 is 1.89 bits per heavy atom. The van der Waals surface area contributed by atoms with Gasteiger partial charge in [-0.2, -0.15) is 0 Å². The van der Waals surface area contributed by atoms with Crippen LogP contribution < -0.4 is 4.90 Å². The van der Waals surface area contributed by atoms with Gasteiger partial charge in [0.15, 0.2) is 0 Å². The van der Waals surface area contributed by atoms with E-state index in [0.717, 1.165) is 37.6 Å². The van der Waals surface area contributed by atoms with Gasteiger partial charge < -0.3 is 10.0 Å². The van der Waals surface area contributed by atoms with Crippen molar-refractivity contribution < 1.29 is 5.11 Å². The maximum atomic E-state index is 9.97. The minimum atomic E-state index is -0.419. The number of nitrogens with zero attached hydrogens (tertiary/aromatic N) is 3. The summed E-state index contributed by atoms with van der Waals surface area (Å²) in [5.41, 5.74) is 0.904. The van der Waals surface area contributed by atoms with Crippen LogP contribution >= 0.6 is 22.9 Å². The number of anilines is 1. The molecule has 1 fully saturated rings. The Morgan fingerprint density at radius 1 is 1.22 bits per heavy atom. The molecule has 0 aromatic carbocycles. The fourth-order valence-corrected chi connectivity index (χ4v) is 2.49. The molecule has 0 aliphatic carbocycles. The summed E-state index contributed by atoms with van der Waals surface area (Å²) in [5, 5.41) is 9.97. The number of aliphatic hydroxyl groups is 1. The molecule has 1 aromatic rings. The van der Waals surface area contributed by atoms with Gasteiger partial charge >= 0.3 is 0 Å². The predicted octanol–water partition coefficient (Wildman–Crippen LogP) is 2.24. The zero-order chi connectivity index (χ0) is 13.1. The van der Waals surface area contributed by atoms with Crippen molar-refractivity contribution in [1.82, 2.24) is 8.10 Å². The highest BCUT2D eigenvalue weighted by atomic mass is 127. The van der Waals surface area contributed by atoms with Crippen LogP contribution in [0.3, 0.4) is 0 Å². The van der Waals surface area contributed by atoms with Crippen LogP contribution in [0.25, 0.3) is 0 Å². The minimum Gasteiger partial charge on any atom is -0.388 e. The molecule has 0 radical (unpaired) electrons. The van der Waals surface area contributed by atoms with Crippen molar-refractivity contribution in [3.63, 3.8) is 0 Å². The standard InChI is InChI=1S/C13H20IN3O/c1-10(2)13(18)11-3-4-12(15-9-11)16-5-7-17(14)8-6-16/h3-4,9-10,13,18H,5-8H2,1-2H3. The van der Waals surface area contributed by atoms with E-state index < -0.39 is 6.10 Å². The van der Waals surface area contributed by atoms with E-state index in [4.69, 9.17) is 0 Å². The number of aromatic nitrogens is 1. The molecule has 100 valence electrons. The van der Waals surface area contributed by atoms with Gasteiger partial charge in [-0.3, -0.25) is 0 Å². The van der Waals surface area contributed by atoms with Crippen molar-refractivity contribution in [2.75, 3.05) is 31.1 Å². The van der Waals surface area contributed by atoms with E-state index in [1.54, 1.807) is 6.20 Å². The highest BCUT2D eigenvalue weighted by molar-refractivity contribution is 14.1. The first kappa shape index (κ1) is 14.0. The molecule has 1 atom stereocenters. The summed E-state index contributed by atoms with van der Waals surface area (Å²) in [6, 6.07) is 4.01. The molecule has 0 saturated carbocycles. The fraction of sp³-hybridized carbons (Fsp3) is 0.615. The van der Waals surface area contributed by atoms with Crippen molar-refractivity contribution in [3.8, 4) is 0 Å². The van der Waals surface area contributed by atoms with Gasteiger partial charge in [-0.1, -0.05) is 19.9 Å². The number of hydrogen-bond acceptors (Lipinski definition) is 4. The van der Waals surface area contributed by atoms with E-state index in [0.29, 0.717) is 0 Å². The topological polar surface area (TPSA) is 39.6 Å². The van der Waals surface area contributed by atoms with Crippen molar-refractivity contribution in [2.24, 2.45) is 5.92 Å². The molecule has 1 N–H and O–H groups in total. The molecule has 1 aliphatic rings. The maximum absolute atomic E-state index is 9.97. The molecule has 1 unspecified atom stereocenters. The summed E-state index contributed by atoms with van der Waals surface area (Å²) in [7, 11) is 0. The first-order chi connectivity index (χ1) is 8.58. The van der Waals surface area contributed by atoms with E-state index in [1.165, 1.54) is 0 Å². The molecule has 0 amide bonds. The third-order valence-electron chi connectivity index (χ3n) is 3.29. The van der Waals surface area contributed by atoms with Crippen LogP contribution in [0.5, 0.6) is 0 Å². The molecule has 1 aliphatic heterocycles. The zero-order valence-corrected chi connectivity index (χ0v) is 13.0. The molecule has 0 spiro atoms. The second-order valence-corrected chi connectivity index (χ2v) is 6.40. The largest absolute Gasteiger partial charge is 0.388 e. The van der Waals surface area contributed by atoms with E-state index >= 15 is 0 Å². The molecule has 1 aromatic heterocycles. The van der Waals surface area contributed by atoms with Gasteiger partial charge in [-0.05, 0) is 17.5 Å². The van der Waals surface area contributed by atoms with Gasteiger partial charge in [0, 0.05) is 55.2 Å². The SMILES string of the molecule is CC(C)C(O)c1ccc(N2CCN(I)CC2)nc1. The maximum Gasteiger partial charge on any atom is 0.128 e. The van der Waals surface area contributed by atoms with Crippen LogP contribution in [-0.4, -0.2) is 39.4 Å². The van der Waals surface area contributed by atoms with Crippen LogP contribution in [0.2, 0.25) is 0 Å². The van der Waals surface area contributed by atoms with Gasteiger partial charge in [-0.25, -0.2) is 8.10 Å². The monoisotopic (exact) mass is 361 g/mol. The normalized spacial score (nSPS) is 19.3. The summed E-state index contributed by atoms with van der Waals surface area (Å²) in [4.78, 5) is 6.77. The molecule has 4 nitrogen and oxygen atoms in total. The van der Waals surface area contributed by atoms with Crippen LogP contribution in [0, 0.1) is 5.92 Å². The number of hydrogen-bond donors (Lipinski definition) is 1. The summed E-state index contributed by atoms with van der Waals surface area (Å²) in [5.74, 6) is 1.24. The zero-order valence-electron chi connectivity index (χ0n) is 10.9. The number of piperazine rings is 1. The van der Waals surface area contributed by atoms with Gasteiger partial charge in [0.1, 0.15) is 5.82 Å². The molecule has 5 heteroatoms. The first-order valence-electron chi connectivity index (χ1n) is 6.37. The minimum absolute atomic E-state index is 0.222. The third-order valence-corrected chi connectivity index (χ3v) is 4.26. The van der Waals surface area contributed by atoms with Crippen LogP contribution in [0.1, 0.15) is 25.5 Å². The van der Waals surface area contributed by atoms with Crippen LogP contribution in [-0.2, 0) is 0 Å². The van der Waals surface area contributed by atoms with Gasteiger partial charge in [0.25, 0.3) is 0 Å². The Bertz CT molecular complexity index is 374. The Morgan fingerprint density at radius 3 is 2.39 bits per heavy atom. The lowest BCUT2D eigenvalue weighted by molar-refractivity contribution is 0.126. The summed E-state index contributed by atoms with van der Waals surface area (Å²) >= 11 is 2.36. The lowest BCUT2D eigenvalue weighted by Crippen LogP contribution is -2.42. The summed E-state index contributed by atoms with van der Waals surface area (Å²) in [6.07, 6.45) is 1.38. The van der Waals surface area contributed by atoms with Crippen molar-refractivity contribution in [2.45, 2.75) is 20.0 Å². The molecular weight excluding hydrogens is 341 g/mol. The van der Waals surface area contributed by atoms with Crippen LogP contribution in [0.15, 0.2) is 18.3 Å². The van der Waals surface area contributed by atoms with E-state index in [9.17, 15) is 5.11 Å². The van der Waals surface area contributed by atoms with E-state index in [2.05, 4.69) is 35.9 Å². The Hall–Kier alpha value is -0.400. The molecule has 1 saturated heterocycles. The second-order valence-electron chi connectivity index (χ2n) is 5.04. The summed E-state index contributed by atoms with van der Waals surface area (Å²) in [6.45, 7) is 8.19. The number of pyridine rings is 1. The summed E-state index contributed by atoms with van der Waals surface area (Å²) < 4.78 is 2.30. The number of rotatable bonds is 3. The third kappa shape index (κ3) is 3.33.